The molecular weight excluding hydrogens is 252 g/mol. The zero-order valence-electron chi connectivity index (χ0n) is 10.6. The predicted octanol–water partition coefficient (Wildman–Crippen LogP) is 1.41. The molecule has 2 heterocycles. The molecule has 4 nitrogen and oxygen atoms in total. The molecule has 0 aromatic carbocycles. The van der Waals surface area contributed by atoms with Crippen LogP contribution in [0.2, 0.25) is 0 Å². The van der Waals surface area contributed by atoms with Crippen LogP contribution in [0.5, 0.6) is 0 Å². The molecule has 0 atom stereocenters. The van der Waals surface area contributed by atoms with Crippen LogP contribution in [0.25, 0.3) is 5.65 Å². The molecule has 0 aliphatic heterocycles. The highest BCUT2D eigenvalue weighted by atomic mass is 16.4. The Morgan fingerprint density at radius 1 is 1.15 bits per heavy atom. The molecule has 4 heteroatoms. The molecule has 1 N–H and O–H groups in total. The van der Waals surface area contributed by atoms with Crippen LogP contribution in [0.1, 0.15) is 5.69 Å². The molecule has 6 saturated carbocycles. The van der Waals surface area contributed by atoms with Crippen LogP contribution in [0, 0.1) is 40.9 Å². The van der Waals surface area contributed by atoms with Crippen molar-refractivity contribution in [2.75, 3.05) is 0 Å². The molecule has 20 heavy (non-hydrogen) atoms. The molecule has 6 fully saturated rings. The van der Waals surface area contributed by atoms with Crippen molar-refractivity contribution >= 4 is 11.6 Å². The minimum absolute atomic E-state index is 0.263. The van der Waals surface area contributed by atoms with E-state index in [1.165, 1.54) is 5.69 Å². The summed E-state index contributed by atoms with van der Waals surface area (Å²) in [4.78, 5) is 16.4. The molecule has 2 aromatic heterocycles. The Kier molecular flexibility index (Phi) is 0.963. The maximum absolute atomic E-state index is 11.5. The van der Waals surface area contributed by atoms with E-state index in [2.05, 4.69) is 10.6 Å². The first-order valence-corrected chi connectivity index (χ1v) is 7.42. The molecule has 6 aliphatic rings. The lowest BCUT2D eigenvalue weighted by molar-refractivity contribution is -0.613. The Morgan fingerprint density at radius 3 is 2.45 bits per heavy atom. The number of pyridine rings is 1. The van der Waals surface area contributed by atoms with Gasteiger partial charge in [-0.2, -0.15) is 0 Å². The van der Waals surface area contributed by atoms with Gasteiger partial charge < -0.3 is 9.51 Å². The van der Waals surface area contributed by atoms with E-state index in [0.717, 1.165) is 5.65 Å². The highest BCUT2D eigenvalue weighted by Crippen LogP contribution is 3.09. The Balaban J connectivity index is 1.40. The molecule has 0 bridgehead atoms. The van der Waals surface area contributed by atoms with E-state index in [0.29, 0.717) is 40.9 Å². The molecule has 8 rings (SSSR count). The molecule has 0 amide bonds. The Labute approximate surface area is 114 Å². The minimum Gasteiger partial charge on any atom is -0.481 e. The predicted molar refractivity (Wildman–Crippen MR) is 67.9 cm³/mol. The standard InChI is InChI=1S/C16H12N2O2/c19-14(20)16-11-8-12(16)10-13(16)9(11)15(8,10)6-5-18-4-2-1-3-7(18)17-6/h1-5,8-13H,(H,19,20). The van der Waals surface area contributed by atoms with Crippen LogP contribution >= 0.6 is 0 Å². The van der Waals surface area contributed by atoms with Crippen molar-refractivity contribution in [2.45, 2.75) is 5.41 Å². The van der Waals surface area contributed by atoms with Gasteiger partial charge in [-0.1, -0.05) is 6.07 Å². The van der Waals surface area contributed by atoms with Gasteiger partial charge in [-0.25, -0.2) is 4.98 Å². The highest BCUT2D eigenvalue weighted by Gasteiger charge is 3.12. The molecule has 98 valence electrons. The molecule has 2 aromatic rings. The normalized spacial score (nSPS) is 57.8. The number of nitrogens with zero attached hydrogens (tertiary/aromatic N) is 2. The molecular formula is C16H12N2O2. The molecule has 0 unspecified atom stereocenters. The van der Waals surface area contributed by atoms with Crippen molar-refractivity contribution in [3.8, 4) is 0 Å². The third kappa shape index (κ3) is 0.467. The Hall–Kier alpha value is -1.84. The number of fused-ring (bicyclic) bond motifs is 1. The number of hydrogen-bond acceptors (Lipinski definition) is 2. The van der Waals surface area contributed by atoms with Crippen LogP contribution in [-0.2, 0) is 10.2 Å². The van der Waals surface area contributed by atoms with Crippen LogP contribution in [0.4, 0.5) is 0 Å². The summed E-state index contributed by atoms with van der Waals surface area (Å²) in [5.41, 5.74) is 2.29. The van der Waals surface area contributed by atoms with E-state index in [1.807, 2.05) is 24.4 Å². The van der Waals surface area contributed by atoms with Crippen LogP contribution in [0.15, 0.2) is 30.6 Å². The third-order valence-electron chi connectivity index (χ3n) is 7.81. The van der Waals surface area contributed by atoms with E-state index >= 15 is 0 Å². The fraction of sp³-hybridized carbons (Fsp3) is 0.500. The Bertz CT molecular complexity index is 780. The lowest BCUT2D eigenvalue weighted by Gasteiger charge is -3.09. The van der Waals surface area contributed by atoms with Gasteiger partial charge >= 0.3 is 5.97 Å². The van der Waals surface area contributed by atoms with Gasteiger partial charge in [0.1, 0.15) is 5.65 Å². The highest BCUT2D eigenvalue weighted by molar-refractivity contribution is 5.88. The summed E-state index contributed by atoms with van der Waals surface area (Å²) in [6.45, 7) is 0. The fourth-order valence-electron chi connectivity index (χ4n) is 7.61. The smallest absolute Gasteiger partial charge is 0.310 e. The first-order valence-electron chi connectivity index (χ1n) is 7.42. The van der Waals surface area contributed by atoms with Crippen molar-refractivity contribution in [3.63, 3.8) is 0 Å². The number of hydrogen-bond donors (Lipinski definition) is 1. The number of carboxylic acids is 1. The number of carbonyl (C=O) groups is 1. The second-order valence-corrected chi connectivity index (χ2v) is 7.42. The maximum Gasteiger partial charge on any atom is 0.310 e. The zero-order chi connectivity index (χ0) is 13.0. The number of imidazole rings is 1. The topological polar surface area (TPSA) is 54.6 Å². The SMILES string of the molecule is O=C(O)C12C3C4C1C1C2C3C41c1cn2ccccc2n1. The monoisotopic (exact) mass is 264 g/mol. The van der Waals surface area contributed by atoms with Crippen LogP contribution in [0.3, 0.4) is 0 Å². The summed E-state index contributed by atoms with van der Waals surface area (Å²) >= 11 is 0. The van der Waals surface area contributed by atoms with Gasteiger partial charge in [0, 0.05) is 17.8 Å². The molecule has 0 spiro atoms. The minimum atomic E-state index is -0.510. The number of aliphatic carboxylic acids is 1. The first kappa shape index (κ1) is 9.16. The molecule has 0 radical (unpaired) electrons. The van der Waals surface area contributed by atoms with E-state index in [-0.39, 0.29) is 5.41 Å². The summed E-state index contributed by atoms with van der Waals surface area (Å²) in [6.07, 6.45) is 4.23. The van der Waals surface area contributed by atoms with Gasteiger partial charge in [0.25, 0.3) is 0 Å². The number of aromatic nitrogens is 2. The maximum atomic E-state index is 11.5. The Morgan fingerprint density at radius 2 is 1.85 bits per heavy atom. The summed E-state index contributed by atoms with van der Waals surface area (Å²) in [5, 5.41) is 9.51. The summed E-state index contributed by atoms with van der Waals surface area (Å²) in [6, 6.07) is 6.09. The van der Waals surface area contributed by atoms with E-state index in [1.54, 1.807) is 0 Å². The van der Waals surface area contributed by atoms with E-state index < -0.39 is 5.97 Å². The van der Waals surface area contributed by atoms with Gasteiger partial charge in [0.05, 0.1) is 11.1 Å². The van der Waals surface area contributed by atoms with E-state index in [4.69, 9.17) is 4.98 Å². The van der Waals surface area contributed by atoms with Crippen molar-refractivity contribution in [1.29, 1.82) is 0 Å². The average molecular weight is 264 g/mol. The molecule has 6 aliphatic carbocycles. The van der Waals surface area contributed by atoms with Crippen molar-refractivity contribution in [2.24, 2.45) is 40.9 Å². The van der Waals surface area contributed by atoms with E-state index in [9.17, 15) is 9.90 Å². The lowest BCUT2D eigenvalue weighted by Crippen LogP contribution is -3.12. The van der Waals surface area contributed by atoms with Crippen LogP contribution in [-0.4, -0.2) is 20.5 Å². The largest absolute Gasteiger partial charge is 0.481 e. The van der Waals surface area contributed by atoms with Gasteiger partial charge in [-0.05, 0) is 47.6 Å². The van der Waals surface area contributed by atoms with Gasteiger partial charge in [0.15, 0.2) is 0 Å². The average Bonchev–Trinajstić information content (AvgIpc) is 2.90. The van der Waals surface area contributed by atoms with Crippen molar-refractivity contribution in [3.05, 3.63) is 36.3 Å². The fourth-order valence-corrected chi connectivity index (χ4v) is 7.61. The summed E-state index contributed by atoms with van der Waals surface area (Å²) < 4.78 is 2.10. The second-order valence-electron chi connectivity index (χ2n) is 7.42. The lowest BCUT2D eigenvalue weighted by atomic mass is 8.92. The number of rotatable bonds is 2. The first-order chi connectivity index (χ1) is 9.75. The second kappa shape index (κ2) is 2.10. The summed E-state index contributed by atoms with van der Waals surface area (Å²) in [7, 11) is 0. The number of carboxylic acid groups (broad SMARTS) is 1. The molecule has 0 saturated heterocycles. The quantitative estimate of drug-likeness (QED) is 0.892. The van der Waals surface area contributed by atoms with Crippen molar-refractivity contribution in [1.82, 2.24) is 9.38 Å². The zero-order valence-corrected chi connectivity index (χ0v) is 10.6. The van der Waals surface area contributed by atoms with Crippen molar-refractivity contribution < 1.29 is 9.90 Å². The van der Waals surface area contributed by atoms with Gasteiger partial charge in [0.2, 0.25) is 0 Å². The van der Waals surface area contributed by atoms with Crippen LogP contribution < -0.4 is 0 Å². The van der Waals surface area contributed by atoms with Gasteiger partial charge in [-0.15, -0.1) is 0 Å². The summed E-state index contributed by atoms with van der Waals surface area (Å²) in [5.74, 6) is 2.89. The van der Waals surface area contributed by atoms with Gasteiger partial charge in [-0.3, -0.25) is 4.79 Å². The third-order valence-corrected chi connectivity index (χ3v) is 7.81.